The summed E-state index contributed by atoms with van der Waals surface area (Å²) >= 11 is 0. The summed E-state index contributed by atoms with van der Waals surface area (Å²) in [5, 5.41) is 6.89. The molecule has 0 bridgehead atoms. The summed E-state index contributed by atoms with van der Waals surface area (Å²) in [5.74, 6) is 0.909. The van der Waals surface area contributed by atoms with Crippen LogP contribution in [-0.4, -0.2) is 11.6 Å². The molecule has 0 heterocycles. The van der Waals surface area contributed by atoms with Crippen molar-refractivity contribution in [3.05, 3.63) is 35.9 Å². The molecule has 1 aliphatic rings. The molecule has 0 atom stereocenters. The van der Waals surface area contributed by atoms with Gasteiger partial charge in [0.1, 0.15) is 0 Å². The van der Waals surface area contributed by atoms with Crippen LogP contribution in [0.3, 0.4) is 0 Å². The van der Waals surface area contributed by atoms with Gasteiger partial charge in [-0.2, -0.15) is 0 Å². The second kappa shape index (κ2) is 8.30. The van der Waals surface area contributed by atoms with Crippen LogP contribution in [-0.2, 0) is 4.79 Å². The number of hydrogen-bond donors (Lipinski definition) is 1. The Labute approximate surface area is 85.6 Å². The van der Waals surface area contributed by atoms with Gasteiger partial charge in [0.05, 0.1) is 0 Å². The first-order valence-corrected chi connectivity index (χ1v) is 5.01. The standard InChI is InChI=1S/C9H10.C2H6.CH2O2/c1-2-4-8(5-3-1)9-6-7-9;1-2;2-1-3/h1-5,9H,6-7H2;1-2H3;1H,(H,2,3). The Bertz CT molecular complexity index is 227. The van der Waals surface area contributed by atoms with Crippen LogP contribution in [0.15, 0.2) is 30.3 Å². The molecule has 2 heteroatoms. The molecule has 0 spiro atoms. The van der Waals surface area contributed by atoms with E-state index in [1.165, 1.54) is 18.4 Å². The molecule has 78 valence electrons. The monoisotopic (exact) mass is 194 g/mol. The summed E-state index contributed by atoms with van der Waals surface area (Å²) in [6, 6.07) is 10.8. The van der Waals surface area contributed by atoms with Gasteiger partial charge >= 0.3 is 0 Å². The van der Waals surface area contributed by atoms with Crippen molar-refractivity contribution in [1.82, 2.24) is 0 Å². The maximum Gasteiger partial charge on any atom is 0.290 e. The van der Waals surface area contributed by atoms with Crippen molar-refractivity contribution in [2.75, 3.05) is 0 Å². The van der Waals surface area contributed by atoms with Crippen molar-refractivity contribution in [1.29, 1.82) is 0 Å². The molecule has 1 aliphatic carbocycles. The highest BCUT2D eigenvalue weighted by molar-refractivity contribution is 5.32. The summed E-state index contributed by atoms with van der Waals surface area (Å²) in [5.41, 5.74) is 1.53. The van der Waals surface area contributed by atoms with E-state index in [0.717, 1.165) is 5.92 Å². The van der Waals surface area contributed by atoms with Crippen LogP contribution < -0.4 is 0 Å². The van der Waals surface area contributed by atoms with Crippen molar-refractivity contribution in [3.63, 3.8) is 0 Å². The molecule has 0 aromatic heterocycles. The first-order chi connectivity index (χ1) is 6.88. The van der Waals surface area contributed by atoms with Crippen molar-refractivity contribution >= 4 is 6.47 Å². The lowest BCUT2D eigenvalue weighted by Gasteiger charge is -1.92. The molecular weight excluding hydrogens is 176 g/mol. The lowest BCUT2D eigenvalue weighted by Crippen LogP contribution is -1.73. The Morgan fingerprint density at radius 1 is 1.21 bits per heavy atom. The van der Waals surface area contributed by atoms with Crippen LogP contribution >= 0.6 is 0 Å². The van der Waals surface area contributed by atoms with E-state index in [0.29, 0.717) is 0 Å². The summed E-state index contributed by atoms with van der Waals surface area (Å²) in [7, 11) is 0. The Kier molecular flexibility index (Phi) is 7.52. The van der Waals surface area contributed by atoms with E-state index in [1.54, 1.807) is 0 Å². The molecule has 0 amide bonds. The third-order valence-corrected chi connectivity index (χ3v) is 1.85. The largest absolute Gasteiger partial charge is 0.483 e. The van der Waals surface area contributed by atoms with Crippen molar-refractivity contribution in [2.24, 2.45) is 0 Å². The maximum atomic E-state index is 8.36. The van der Waals surface area contributed by atoms with Crippen LogP contribution in [0.4, 0.5) is 0 Å². The molecule has 0 saturated heterocycles. The maximum absolute atomic E-state index is 8.36. The van der Waals surface area contributed by atoms with Gasteiger partial charge in [-0.25, -0.2) is 0 Å². The Balaban J connectivity index is 0.000000294. The van der Waals surface area contributed by atoms with Crippen LogP contribution in [0, 0.1) is 0 Å². The minimum absolute atomic E-state index is 0.250. The van der Waals surface area contributed by atoms with Gasteiger partial charge in [-0.15, -0.1) is 0 Å². The van der Waals surface area contributed by atoms with Gasteiger partial charge in [-0.1, -0.05) is 44.2 Å². The van der Waals surface area contributed by atoms with Gasteiger partial charge < -0.3 is 5.11 Å². The third-order valence-electron chi connectivity index (χ3n) is 1.85. The molecule has 1 saturated carbocycles. The van der Waals surface area contributed by atoms with Crippen LogP contribution in [0.2, 0.25) is 0 Å². The van der Waals surface area contributed by atoms with E-state index in [1.807, 2.05) is 13.8 Å². The zero-order chi connectivity index (χ0) is 10.8. The van der Waals surface area contributed by atoms with Gasteiger partial charge in [-0.3, -0.25) is 4.79 Å². The zero-order valence-electron chi connectivity index (χ0n) is 8.81. The van der Waals surface area contributed by atoms with Gasteiger partial charge in [-0.05, 0) is 24.3 Å². The van der Waals surface area contributed by atoms with E-state index < -0.39 is 0 Å². The molecule has 0 radical (unpaired) electrons. The van der Waals surface area contributed by atoms with Gasteiger partial charge in [0, 0.05) is 0 Å². The second-order valence-electron chi connectivity index (χ2n) is 2.79. The molecule has 2 nitrogen and oxygen atoms in total. The smallest absolute Gasteiger partial charge is 0.290 e. The number of carboxylic acid groups (broad SMARTS) is 1. The molecule has 1 aromatic rings. The highest BCUT2D eigenvalue weighted by Gasteiger charge is 2.22. The fourth-order valence-electron chi connectivity index (χ4n) is 1.14. The Hall–Kier alpha value is -1.31. The molecule has 1 aromatic carbocycles. The summed E-state index contributed by atoms with van der Waals surface area (Å²) < 4.78 is 0. The minimum Gasteiger partial charge on any atom is -0.483 e. The predicted octanol–water partition coefficient (Wildman–Crippen LogP) is 3.29. The number of carbonyl (C=O) groups is 1. The molecule has 14 heavy (non-hydrogen) atoms. The fraction of sp³-hybridized carbons (Fsp3) is 0.417. The summed E-state index contributed by atoms with van der Waals surface area (Å²) in [4.78, 5) is 8.36. The first kappa shape index (κ1) is 12.7. The fourth-order valence-corrected chi connectivity index (χ4v) is 1.14. The zero-order valence-corrected chi connectivity index (χ0v) is 8.81. The Morgan fingerprint density at radius 2 is 1.64 bits per heavy atom. The predicted molar refractivity (Wildman–Crippen MR) is 58.5 cm³/mol. The average molecular weight is 194 g/mol. The van der Waals surface area contributed by atoms with E-state index >= 15 is 0 Å². The molecule has 0 aliphatic heterocycles. The Morgan fingerprint density at radius 3 is 2.00 bits per heavy atom. The van der Waals surface area contributed by atoms with Crippen LogP contribution in [0.1, 0.15) is 38.2 Å². The lowest BCUT2D eigenvalue weighted by molar-refractivity contribution is -0.122. The van der Waals surface area contributed by atoms with E-state index in [-0.39, 0.29) is 6.47 Å². The van der Waals surface area contributed by atoms with Crippen LogP contribution in [0.5, 0.6) is 0 Å². The summed E-state index contributed by atoms with van der Waals surface area (Å²) in [6.07, 6.45) is 2.81. The van der Waals surface area contributed by atoms with Crippen molar-refractivity contribution < 1.29 is 9.90 Å². The van der Waals surface area contributed by atoms with E-state index in [2.05, 4.69) is 30.3 Å². The number of rotatable bonds is 1. The lowest BCUT2D eigenvalue weighted by atomic mass is 10.1. The number of hydrogen-bond acceptors (Lipinski definition) is 1. The highest BCUT2D eigenvalue weighted by Crippen LogP contribution is 2.39. The molecule has 0 unspecified atom stereocenters. The average Bonchev–Trinajstić information content (AvgIpc) is 3.07. The molecule has 1 fully saturated rings. The number of benzene rings is 1. The van der Waals surface area contributed by atoms with Crippen molar-refractivity contribution in [3.8, 4) is 0 Å². The normalized spacial score (nSPS) is 12.7. The third kappa shape index (κ3) is 5.36. The van der Waals surface area contributed by atoms with Gasteiger partial charge in [0.15, 0.2) is 0 Å². The van der Waals surface area contributed by atoms with Crippen molar-refractivity contribution in [2.45, 2.75) is 32.6 Å². The minimum atomic E-state index is -0.250. The molecular formula is C12H18O2. The van der Waals surface area contributed by atoms with Gasteiger partial charge in [0.25, 0.3) is 6.47 Å². The van der Waals surface area contributed by atoms with Gasteiger partial charge in [0.2, 0.25) is 0 Å². The quantitative estimate of drug-likeness (QED) is 0.696. The highest BCUT2D eigenvalue weighted by atomic mass is 16.3. The second-order valence-corrected chi connectivity index (χ2v) is 2.79. The first-order valence-electron chi connectivity index (χ1n) is 5.01. The molecule has 1 N–H and O–H groups in total. The SMILES string of the molecule is CC.O=CO.c1ccc(C2CC2)cc1. The van der Waals surface area contributed by atoms with E-state index in [9.17, 15) is 0 Å². The topological polar surface area (TPSA) is 37.3 Å². The van der Waals surface area contributed by atoms with E-state index in [4.69, 9.17) is 9.90 Å². The van der Waals surface area contributed by atoms with Crippen LogP contribution in [0.25, 0.3) is 0 Å². The summed E-state index contributed by atoms with van der Waals surface area (Å²) in [6.45, 7) is 3.75. The molecule has 2 rings (SSSR count).